The predicted octanol–water partition coefficient (Wildman–Crippen LogP) is 4.66. The molecule has 3 rings (SSSR count). The van der Waals surface area contributed by atoms with Crippen molar-refractivity contribution in [3.05, 3.63) is 90.5 Å². The van der Waals surface area contributed by atoms with Crippen molar-refractivity contribution < 1.29 is 22.7 Å². The van der Waals surface area contributed by atoms with Crippen LogP contribution in [0.5, 0.6) is 5.75 Å². The largest absolute Gasteiger partial charge is 0.494 e. The summed E-state index contributed by atoms with van der Waals surface area (Å²) >= 11 is 0. The lowest BCUT2D eigenvalue weighted by Crippen LogP contribution is -2.52. The topological polar surface area (TPSA) is 96.0 Å². The SMILES string of the molecule is CCCCNC(=O)C(C)N(CCc1ccccc1)C(=O)CN(c1ccccc1)S(=O)(=O)c1ccc(OCC)cc1. The van der Waals surface area contributed by atoms with Gasteiger partial charge in [0.15, 0.2) is 0 Å². The Kier molecular flexibility index (Phi) is 11.6. The summed E-state index contributed by atoms with van der Waals surface area (Å²) in [6.45, 7) is 6.34. The van der Waals surface area contributed by atoms with E-state index in [2.05, 4.69) is 5.32 Å². The second-order valence-electron chi connectivity index (χ2n) is 9.39. The number of para-hydroxylation sites is 1. The van der Waals surface area contributed by atoms with E-state index in [1.165, 1.54) is 17.0 Å². The highest BCUT2D eigenvalue weighted by molar-refractivity contribution is 7.92. The fraction of sp³-hybridized carbons (Fsp3) is 0.355. The molecule has 1 atom stereocenters. The second kappa shape index (κ2) is 15.1. The van der Waals surface area contributed by atoms with Gasteiger partial charge in [-0.05, 0) is 68.7 Å². The van der Waals surface area contributed by atoms with E-state index in [4.69, 9.17) is 4.74 Å². The second-order valence-corrected chi connectivity index (χ2v) is 11.3. The minimum absolute atomic E-state index is 0.0359. The summed E-state index contributed by atoms with van der Waals surface area (Å²) in [5, 5.41) is 2.90. The maximum absolute atomic E-state index is 13.9. The smallest absolute Gasteiger partial charge is 0.264 e. The van der Waals surface area contributed by atoms with Crippen molar-refractivity contribution in [2.45, 2.75) is 51.0 Å². The first-order chi connectivity index (χ1) is 19.3. The number of rotatable bonds is 15. The molecular weight excluding hydrogens is 526 g/mol. The van der Waals surface area contributed by atoms with Crippen LogP contribution in [0, 0.1) is 0 Å². The van der Waals surface area contributed by atoms with E-state index in [1.54, 1.807) is 49.4 Å². The Morgan fingerprint density at radius 2 is 1.52 bits per heavy atom. The molecule has 0 heterocycles. The highest BCUT2D eigenvalue weighted by Gasteiger charge is 2.32. The highest BCUT2D eigenvalue weighted by Crippen LogP contribution is 2.25. The van der Waals surface area contributed by atoms with Crippen LogP contribution in [0.2, 0.25) is 0 Å². The van der Waals surface area contributed by atoms with E-state index < -0.39 is 28.5 Å². The average Bonchev–Trinajstić information content (AvgIpc) is 2.97. The molecule has 0 aliphatic heterocycles. The minimum Gasteiger partial charge on any atom is -0.494 e. The lowest BCUT2D eigenvalue weighted by atomic mass is 10.1. The van der Waals surface area contributed by atoms with Crippen molar-refractivity contribution in [2.24, 2.45) is 0 Å². The van der Waals surface area contributed by atoms with E-state index in [1.807, 2.05) is 44.2 Å². The quantitative estimate of drug-likeness (QED) is 0.271. The molecule has 1 N–H and O–H groups in total. The third-order valence-electron chi connectivity index (χ3n) is 6.53. The van der Waals surface area contributed by atoms with Gasteiger partial charge in [-0.25, -0.2) is 8.42 Å². The van der Waals surface area contributed by atoms with Crippen LogP contribution in [-0.4, -0.2) is 57.4 Å². The van der Waals surface area contributed by atoms with Crippen LogP contribution in [0.3, 0.4) is 0 Å². The number of carbonyl (C=O) groups is 2. The minimum atomic E-state index is -4.12. The highest BCUT2D eigenvalue weighted by atomic mass is 32.2. The van der Waals surface area contributed by atoms with Gasteiger partial charge in [0.1, 0.15) is 18.3 Å². The lowest BCUT2D eigenvalue weighted by molar-refractivity contribution is -0.138. The Balaban J connectivity index is 1.91. The molecule has 1 unspecified atom stereocenters. The number of nitrogens with one attached hydrogen (secondary N) is 1. The summed E-state index contributed by atoms with van der Waals surface area (Å²) < 4.78 is 34.3. The average molecular weight is 566 g/mol. The number of benzene rings is 3. The van der Waals surface area contributed by atoms with Crippen LogP contribution in [0.15, 0.2) is 89.8 Å². The third kappa shape index (κ3) is 8.32. The van der Waals surface area contributed by atoms with Crippen molar-refractivity contribution in [1.29, 1.82) is 0 Å². The van der Waals surface area contributed by atoms with Crippen LogP contribution < -0.4 is 14.4 Å². The number of hydrogen-bond acceptors (Lipinski definition) is 5. The number of nitrogens with zero attached hydrogens (tertiary/aromatic N) is 2. The maximum atomic E-state index is 13.9. The van der Waals surface area contributed by atoms with E-state index in [0.717, 1.165) is 22.7 Å². The summed E-state index contributed by atoms with van der Waals surface area (Å²) in [4.78, 5) is 28.4. The van der Waals surface area contributed by atoms with Crippen LogP contribution in [-0.2, 0) is 26.0 Å². The number of sulfonamides is 1. The molecule has 214 valence electrons. The molecule has 0 aliphatic rings. The van der Waals surface area contributed by atoms with Gasteiger partial charge >= 0.3 is 0 Å². The fourth-order valence-corrected chi connectivity index (χ4v) is 5.65. The molecule has 40 heavy (non-hydrogen) atoms. The molecule has 2 amide bonds. The summed E-state index contributed by atoms with van der Waals surface area (Å²) in [5.41, 5.74) is 1.37. The predicted molar refractivity (Wildman–Crippen MR) is 158 cm³/mol. The van der Waals surface area contributed by atoms with Gasteiger partial charge in [-0.15, -0.1) is 0 Å². The molecule has 3 aromatic carbocycles. The molecule has 0 fully saturated rings. The van der Waals surface area contributed by atoms with Gasteiger partial charge < -0.3 is 15.0 Å². The van der Waals surface area contributed by atoms with Gasteiger partial charge in [0, 0.05) is 13.1 Å². The van der Waals surface area contributed by atoms with Crippen LogP contribution >= 0.6 is 0 Å². The summed E-state index contributed by atoms with van der Waals surface area (Å²) in [7, 11) is -4.12. The van der Waals surface area contributed by atoms with Gasteiger partial charge in [-0.3, -0.25) is 13.9 Å². The van der Waals surface area contributed by atoms with E-state index in [9.17, 15) is 18.0 Å². The maximum Gasteiger partial charge on any atom is 0.264 e. The first-order valence-corrected chi connectivity index (χ1v) is 15.1. The normalized spacial score (nSPS) is 11.9. The number of anilines is 1. The molecule has 0 saturated heterocycles. The van der Waals surface area contributed by atoms with E-state index in [0.29, 0.717) is 31.0 Å². The number of ether oxygens (including phenoxy) is 1. The van der Waals surface area contributed by atoms with Gasteiger partial charge in [-0.2, -0.15) is 0 Å². The first kappa shape index (κ1) is 30.7. The Morgan fingerprint density at radius 3 is 2.12 bits per heavy atom. The molecule has 0 spiro atoms. The fourth-order valence-electron chi connectivity index (χ4n) is 4.23. The van der Waals surface area contributed by atoms with Gasteiger partial charge in [-0.1, -0.05) is 61.9 Å². The molecule has 3 aromatic rings. The molecule has 0 saturated carbocycles. The number of hydrogen-bond donors (Lipinski definition) is 1. The molecule has 8 nitrogen and oxygen atoms in total. The summed E-state index contributed by atoms with van der Waals surface area (Å²) in [6, 6.07) is 23.5. The van der Waals surface area contributed by atoms with Crippen molar-refractivity contribution in [2.75, 3.05) is 30.5 Å². The summed E-state index contributed by atoms with van der Waals surface area (Å²) in [5.74, 6) is -0.179. The van der Waals surface area contributed by atoms with Crippen molar-refractivity contribution >= 4 is 27.5 Å². The molecule has 0 bridgehead atoms. The van der Waals surface area contributed by atoms with E-state index in [-0.39, 0.29) is 17.3 Å². The first-order valence-electron chi connectivity index (χ1n) is 13.7. The number of carbonyl (C=O) groups excluding carboxylic acids is 2. The zero-order valence-electron chi connectivity index (χ0n) is 23.5. The van der Waals surface area contributed by atoms with Crippen molar-refractivity contribution in [3.63, 3.8) is 0 Å². The van der Waals surface area contributed by atoms with Crippen LogP contribution in [0.4, 0.5) is 5.69 Å². The summed E-state index contributed by atoms with van der Waals surface area (Å²) in [6.07, 6.45) is 2.29. The van der Waals surface area contributed by atoms with Crippen LogP contribution in [0.25, 0.3) is 0 Å². The Bertz CT molecular complexity index is 1320. The third-order valence-corrected chi connectivity index (χ3v) is 8.31. The molecule has 9 heteroatoms. The zero-order chi connectivity index (χ0) is 29.0. The van der Waals surface area contributed by atoms with Gasteiger partial charge in [0.2, 0.25) is 11.8 Å². The van der Waals surface area contributed by atoms with Crippen molar-refractivity contribution in [1.82, 2.24) is 10.2 Å². The molecule has 0 aromatic heterocycles. The van der Waals surface area contributed by atoms with E-state index >= 15 is 0 Å². The molecular formula is C31H39N3O5S. The molecule has 0 aliphatic carbocycles. The Hall–Kier alpha value is -3.85. The number of amides is 2. The standard InChI is InChI=1S/C31H39N3O5S/c1-4-6-22-32-31(36)25(3)33(23-21-26-13-9-7-10-14-26)30(35)24-34(27-15-11-8-12-16-27)40(37,38)29-19-17-28(18-20-29)39-5-2/h7-20,25H,4-6,21-24H2,1-3H3,(H,32,36). The lowest BCUT2D eigenvalue weighted by Gasteiger charge is -2.32. The Labute approximate surface area is 238 Å². The monoisotopic (exact) mass is 565 g/mol. The zero-order valence-corrected chi connectivity index (χ0v) is 24.3. The van der Waals surface area contributed by atoms with Gasteiger partial charge in [0.05, 0.1) is 17.2 Å². The molecule has 0 radical (unpaired) electrons. The van der Waals surface area contributed by atoms with Crippen LogP contribution in [0.1, 0.15) is 39.2 Å². The van der Waals surface area contributed by atoms with Crippen molar-refractivity contribution in [3.8, 4) is 5.75 Å². The Morgan fingerprint density at radius 1 is 0.900 bits per heavy atom. The van der Waals surface area contributed by atoms with Gasteiger partial charge in [0.25, 0.3) is 10.0 Å². The number of unbranched alkanes of at least 4 members (excludes halogenated alkanes) is 1.